The fourth-order valence-electron chi connectivity index (χ4n) is 5.58. The molecule has 0 radical (unpaired) electrons. The summed E-state index contributed by atoms with van der Waals surface area (Å²) in [4.78, 5) is 12.4. The number of alkyl halides is 1. The van der Waals surface area contributed by atoms with Crippen molar-refractivity contribution in [2.75, 3.05) is 12.5 Å². The van der Waals surface area contributed by atoms with Gasteiger partial charge in [0, 0.05) is 11.8 Å². The second-order valence-electron chi connectivity index (χ2n) is 7.73. The summed E-state index contributed by atoms with van der Waals surface area (Å²) in [6.45, 7) is 2.80. The van der Waals surface area contributed by atoms with Crippen molar-refractivity contribution in [2.45, 2.75) is 51.4 Å². The summed E-state index contributed by atoms with van der Waals surface area (Å²) < 4.78 is 5.68. The van der Waals surface area contributed by atoms with E-state index in [1.807, 2.05) is 0 Å². The number of ether oxygens (including phenoxy) is 1. The summed E-state index contributed by atoms with van der Waals surface area (Å²) >= 11 is 5.71. The van der Waals surface area contributed by atoms with E-state index in [1.54, 1.807) is 0 Å². The predicted octanol–water partition coefficient (Wildman–Crippen LogP) is 4.73. The van der Waals surface area contributed by atoms with Gasteiger partial charge in [-0.2, -0.15) is 0 Å². The third-order valence-electron chi connectivity index (χ3n) is 6.75. The topological polar surface area (TPSA) is 26.3 Å². The van der Waals surface area contributed by atoms with Crippen LogP contribution in [0.1, 0.15) is 56.1 Å². The monoisotopic (exact) mass is 332 g/mol. The van der Waals surface area contributed by atoms with Crippen molar-refractivity contribution in [3.8, 4) is 5.75 Å². The molecule has 0 aromatic heterocycles. The number of hydrogen-bond acceptors (Lipinski definition) is 2. The summed E-state index contributed by atoms with van der Waals surface area (Å²) in [5.74, 6) is 3.94. The Morgan fingerprint density at radius 3 is 2.96 bits per heavy atom. The van der Waals surface area contributed by atoms with Gasteiger partial charge in [0.1, 0.15) is 18.1 Å². The number of ketones is 1. The third-order valence-corrected chi connectivity index (χ3v) is 6.91. The van der Waals surface area contributed by atoms with Crippen molar-refractivity contribution >= 4 is 17.4 Å². The first-order valence-electron chi connectivity index (χ1n) is 8.98. The maximum Gasteiger partial charge on any atom is 0.139 e. The minimum absolute atomic E-state index is 0.0257. The van der Waals surface area contributed by atoms with Gasteiger partial charge in [0.05, 0.1) is 5.88 Å². The van der Waals surface area contributed by atoms with E-state index in [2.05, 4.69) is 25.1 Å². The highest BCUT2D eigenvalue weighted by atomic mass is 35.5. The molecule has 1 aromatic rings. The molecular weight excluding hydrogens is 308 g/mol. The normalized spacial score (nSPS) is 35.4. The molecular formula is C20H25ClO2. The molecule has 23 heavy (non-hydrogen) atoms. The van der Waals surface area contributed by atoms with Gasteiger partial charge < -0.3 is 4.74 Å². The van der Waals surface area contributed by atoms with Gasteiger partial charge in [0.2, 0.25) is 0 Å². The first-order valence-corrected chi connectivity index (χ1v) is 9.52. The fraction of sp³-hybridized carbons (Fsp3) is 0.650. The molecule has 124 valence electrons. The van der Waals surface area contributed by atoms with Crippen LogP contribution in [0.4, 0.5) is 0 Å². The van der Waals surface area contributed by atoms with E-state index in [1.165, 1.54) is 17.5 Å². The largest absolute Gasteiger partial charge is 0.492 e. The standard InChI is InChI=1S/C20H25ClO2/c1-20-9-8-16-15-5-3-14(23-11-10-21)12-13(15)2-4-17(16)18(20)6-7-19(20)22/h3,5,12,16-18H,2,4,6-11H2,1H3/t16-,17-,18+,20+/m1/s1. The van der Waals surface area contributed by atoms with Crippen LogP contribution >= 0.6 is 11.6 Å². The predicted molar refractivity (Wildman–Crippen MR) is 92.3 cm³/mol. The Morgan fingerprint density at radius 2 is 2.13 bits per heavy atom. The van der Waals surface area contributed by atoms with Gasteiger partial charge >= 0.3 is 0 Å². The van der Waals surface area contributed by atoms with Crippen molar-refractivity contribution in [1.29, 1.82) is 0 Å². The first kappa shape index (κ1) is 15.5. The van der Waals surface area contributed by atoms with Crippen LogP contribution in [0, 0.1) is 17.3 Å². The molecule has 2 nitrogen and oxygen atoms in total. The maximum absolute atomic E-state index is 12.4. The minimum Gasteiger partial charge on any atom is -0.492 e. The van der Waals surface area contributed by atoms with Gasteiger partial charge in [0.25, 0.3) is 0 Å². The Labute approximate surface area is 143 Å². The summed E-state index contributed by atoms with van der Waals surface area (Å²) in [6.07, 6.45) is 6.50. The van der Waals surface area contributed by atoms with Gasteiger partial charge in [-0.3, -0.25) is 4.79 Å². The van der Waals surface area contributed by atoms with Crippen LogP contribution in [0.25, 0.3) is 0 Å². The molecule has 0 saturated heterocycles. The number of carbonyl (C=O) groups excluding carboxylic acids is 1. The maximum atomic E-state index is 12.4. The molecule has 1 aromatic carbocycles. The molecule has 0 unspecified atom stereocenters. The summed E-state index contributed by atoms with van der Waals surface area (Å²) in [7, 11) is 0. The quantitative estimate of drug-likeness (QED) is 0.748. The molecule has 0 heterocycles. The van der Waals surface area contributed by atoms with Gasteiger partial charge in [-0.05, 0) is 73.1 Å². The second kappa shape index (κ2) is 5.81. The molecule has 0 N–H and O–H groups in total. The van der Waals surface area contributed by atoms with Gasteiger partial charge in [-0.25, -0.2) is 0 Å². The molecule has 0 aliphatic heterocycles. The molecule has 0 spiro atoms. The van der Waals surface area contributed by atoms with E-state index in [0.29, 0.717) is 36.0 Å². The molecule has 2 fully saturated rings. The summed E-state index contributed by atoms with van der Waals surface area (Å²) in [5, 5.41) is 0. The van der Waals surface area contributed by atoms with Crippen molar-refractivity contribution in [3.05, 3.63) is 29.3 Å². The van der Waals surface area contributed by atoms with E-state index in [0.717, 1.165) is 37.9 Å². The van der Waals surface area contributed by atoms with E-state index in [-0.39, 0.29) is 5.41 Å². The number of halogens is 1. The van der Waals surface area contributed by atoms with E-state index in [9.17, 15) is 4.79 Å². The lowest BCUT2D eigenvalue weighted by atomic mass is 9.55. The average molecular weight is 333 g/mol. The molecule has 4 rings (SSSR count). The van der Waals surface area contributed by atoms with Crippen LogP contribution in [0.15, 0.2) is 18.2 Å². The Hall–Kier alpha value is -1.02. The number of carbonyl (C=O) groups is 1. The Kier molecular flexibility index (Phi) is 3.91. The number of Topliss-reactive ketones (excluding diaryl/α,β-unsaturated/α-hetero) is 1. The lowest BCUT2D eigenvalue weighted by Crippen LogP contribution is -2.42. The molecule has 2 saturated carbocycles. The second-order valence-corrected chi connectivity index (χ2v) is 8.11. The summed E-state index contributed by atoms with van der Waals surface area (Å²) in [6, 6.07) is 6.59. The zero-order valence-electron chi connectivity index (χ0n) is 13.8. The zero-order chi connectivity index (χ0) is 16.0. The van der Waals surface area contributed by atoms with Crippen LogP contribution in [-0.4, -0.2) is 18.3 Å². The lowest BCUT2D eigenvalue weighted by Gasteiger charge is -2.48. The van der Waals surface area contributed by atoms with Crippen molar-refractivity contribution in [2.24, 2.45) is 17.3 Å². The number of benzene rings is 1. The van der Waals surface area contributed by atoms with Gasteiger partial charge in [0.15, 0.2) is 0 Å². The van der Waals surface area contributed by atoms with E-state index >= 15 is 0 Å². The van der Waals surface area contributed by atoms with Crippen LogP contribution in [0.5, 0.6) is 5.75 Å². The van der Waals surface area contributed by atoms with Crippen molar-refractivity contribution < 1.29 is 9.53 Å². The Morgan fingerprint density at radius 1 is 1.26 bits per heavy atom. The van der Waals surface area contributed by atoms with Crippen molar-refractivity contribution in [3.63, 3.8) is 0 Å². The number of hydrogen-bond donors (Lipinski definition) is 0. The van der Waals surface area contributed by atoms with Gasteiger partial charge in [-0.15, -0.1) is 11.6 Å². The highest BCUT2D eigenvalue weighted by molar-refractivity contribution is 6.18. The molecule has 4 atom stereocenters. The smallest absolute Gasteiger partial charge is 0.139 e. The Balaban J connectivity index is 1.61. The van der Waals surface area contributed by atoms with Crippen LogP contribution in [-0.2, 0) is 11.2 Å². The molecule has 3 aliphatic rings. The van der Waals surface area contributed by atoms with Crippen molar-refractivity contribution in [1.82, 2.24) is 0 Å². The molecule has 3 aliphatic carbocycles. The van der Waals surface area contributed by atoms with E-state index < -0.39 is 0 Å². The molecule has 3 heteroatoms. The first-order chi connectivity index (χ1) is 11.1. The third kappa shape index (κ3) is 2.41. The van der Waals surface area contributed by atoms with Crippen LogP contribution in [0.3, 0.4) is 0 Å². The minimum atomic E-state index is -0.0257. The lowest BCUT2D eigenvalue weighted by molar-refractivity contribution is -0.129. The SMILES string of the molecule is C[C@]12CC[C@@H]3c4ccc(OCCCl)cc4CC[C@H]3[C@@H]1CCC2=O. The highest BCUT2D eigenvalue weighted by Gasteiger charge is 2.54. The fourth-order valence-corrected chi connectivity index (χ4v) is 5.65. The van der Waals surface area contributed by atoms with E-state index in [4.69, 9.17) is 16.3 Å². The van der Waals surface area contributed by atoms with Crippen LogP contribution in [0.2, 0.25) is 0 Å². The summed E-state index contributed by atoms with van der Waals surface area (Å²) in [5.41, 5.74) is 2.94. The van der Waals surface area contributed by atoms with Gasteiger partial charge in [-0.1, -0.05) is 13.0 Å². The number of aryl methyl sites for hydroxylation is 1. The van der Waals surface area contributed by atoms with Crippen LogP contribution < -0.4 is 4.74 Å². The number of fused-ring (bicyclic) bond motifs is 5. The Bertz CT molecular complexity index is 626. The molecule has 0 bridgehead atoms. The number of rotatable bonds is 3. The average Bonchev–Trinajstić information content (AvgIpc) is 2.88. The molecule has 0 amide bonds. The zero-order valence-corrected chi connectivity index (χ0v) is 14.6. The highest BCUT2D eigenvalue weighted by Crippen LogP contribution is 2.59.